The number of aliphatic carboxylic acids is 1. The molecule has 0 bridgehead atoms. The van der Waals surface area contributed by atoms with Gasteiger partial charge in [-0.3, -0.25) is 48.6 Å². The molecule has 1 heterocycles. The summed E-state index contributed by atoms with van der Waals surface area (Å²) in [4.78, 5) is 119. The molecule has 2 rings (SSSR count). The molecule has 17 N–H and O–H groups in total. The number of guanidine groups is 1. The summed E-state index contributed by atoms with van der Waals surface area (Å²) in [6, 6.07) is -4.14. The average Bonchev–Trinajstić information content (AvgIpc) is 3.58. The van der Waals surface area contributed by atoms with E-state index in [9.17, 15) is 58.5 Å². The molecule has 8 amide bonds. The van der Waals surface area contributed by atoms with Gasteiger partial charge in [-0.15, -0.1) is 0 Å². The van der Waals surface area contributed by atoms with Gasteiger partial charge >= 0.3 is 5.97 Å². The number of aliphatic hydroxyl groups excluding tert-OH is 1. The summed E-state index contributed by atoms with van der Waals surface area (Å²) in [7, 11) is 0. The van der Waals surface area contributed by atoms with Gasteiger partial charge in [0, 0.05) is 32.4 Å². The second kappa shape index (κ2) is 26.4. The molecule has 9 atom stereocenters. The fraction of sp³-hybridized carbons (Fsp3) is 0.619. The highest BCUT2D eigenvalue weighted by atomic mass is 16.4. The van der Waals surface area contributed by atoms with Crippen LogP contribution in [0.2, 0.25) is 0 Å². The van der Waals surface area contributed by atoms with Gasteiger partial charge in [-0.25, -0.2) is 0 Å². The van der Waals surface area contributed by atoms with Crippen molar-refractivity contribution in [3.8, 4) is 5.75 Å². The van der Waals surface area contributed by atoms with Crippen LogP contribution in [0.15, 0.2) is 24.3 Å². The van der Waals surface area contributed by atoms with Crippen molar-refractivity contribution in [2.24, 2.45) is 29.0 Å². The Morgan fingerprint density at radius 3 is 1.92 bits per heavy atom. The lowest BCUT2D eigenvalue weighted by atomic mass is 10.0. The van der Waals surface area contributed by atoms with Crippen LogP contribution in [0.1, 0.15) is 85.6 Å². The molecule has 0 aliphatic carbocycles. The Morgan fingerprint density at radius 2 is 1.38 bits per heavy atom. The van der Waals surface area contributed by atoms with Gasteiger partial charge in [0.2, 0.25) is 47.3 Å². The van der Waals surface area contributed by atoms with Crippen LogP contribution >= 0.6 is 0 Å². The van der Waals surface area contributed by atoms with E-state index in [0.717, 1.165) is 4.90 Å². The van der Waals surface area contributed by atoms with Gasteiger partial charge < -0.3 is 74.6 Å². The molecule has 0 spiro atoms. The van der Waals surface area contributed by atoms with Crippen molar-refractivity contribution >= 4 is 59.2 Å². The maximum Gasteiger partial charge on any atom is 0.303 e. The number of carbonyl (C=O) groups is 9. The summed E-state index contributed by atoms with van der Waals surface area (Å²) in [6.07, 6.45) is -2.20. The normalized spacial score (nSPS) is 17.2. The Labute approximate surface area is 383 Å². The number of likely N-dealkylation sites (tertiary alicyclic amines) is 1. The monoisotopic (exact) mass is 933 g/mol. The molecular weight excluding hydrogens is 865 g/mol. The molecule has 0 saturated carbocycles. The molecule has 1 aromatic carbocycles. The first-order valence-corrected chi connectivity index (χ1v) is 21.7. The number of hydrogen-bond acceptors (Lipinski definition) is 13. The quantitative estimate of drug-likeness (QED) is 0.0231. The van der Waals surface area contributed by atoms with Crippen molar-refractivity contribution < 1.29 is 58.5 Å². The van der Waals surface area contributed by atoms with Crippen molar-refractivity contribution in [2.75, 3.05) is 13.1 Å². The van der Waals surface area contributed by atoms with Crippen LogP contribution < -0.4 is 54.4 Å². The molecule has 0 radical (unpaired) electrons. The number of carboxylic acid groups (broad SMARTS) is 1. The highest BCUT2D eigenvalue weighted by molar-refractivity contribution is 5.97. The fourth-order valence-corrected chi connectivity index (χ4v) is 6.93. The number of nitrogens with two attached hydrogens (primary N) is 3. The van der Waals surface area contributed by atoms with Gasteiger partial charge in [0.25, 0.3) is 0 Å². The zero-order valence-corrected chi connectivity index (χ0v) is 38.2. The average molecular weight is 933 g/mol. The van der Waals surface area contributed by atoms with E-state index in [0.29, 0.717) is 12.0 Å². The summed E-state index contributed by atoms with van der Waals surface area (Å²) in [5.41, 5.74) is 17.1. The third-order valence-corrected chi connectivity index (χ3v) is 10.6. The third-order valence-electron chi connectivity index (χ3n) is 10.6. The predicted octanol–water partition coefficient (Wildman–Crippen LogP) is -3.51. The molecule has 1 saturated heterocycles. The number of carboxylic acids is 1. The molecule has 0 aromatic heterocycles. The van der Waals surface area contributed by atoms with Gasteiger partial charge in [0.1, 0.15) is 42.0 Å². The van der Waals surface area contributed by atoms with E-state index in [4.69, 9.17) is 22.6 Å². The van der Waals surface area contributed by atoms with Gasteiger partial charge in [0.15, 0.2) is 5.96 Å². The largest absolute Gasteiger partial charge is 0.508 e. The fourth-order valence-electron chi connectivity index (χ4n) is 6.93. The topological polar surface area (TPSA) is 404 Å². The zero-order chi connectivity index (χ0) is 50.0. The lowest BCUT2D eigenvalue weighted by molar-refractivity contribution is -0.142. The van der Waals surface area contributed by atoms with Crippen molar-refractivity contribution in [2.45, 2.75) is 141 Å². The SMILES string of the molecule is CC(C)C[C@@H](NC(=O)[C@@H](CCC(=O)O)N1C[C@@H](NC(=O)[C@H](NC(=O)[C@H](NC(=O)[C@@H](Cc2ccc(O)cc2)NC(=O)[C@H](N)CCCNC(=N)N)[C@@H](C)O)C(C)C)CC1=O)C(=O)N[C@H](C)C(N)=O. The molecule has 1 aliphatic heterocycles. The Morgan fingerprint density at radius 1 is 0.788 bits per heavy atom. The first-order chi connectivity index (χ1) is 30.8. The van der Waals surface area contributed by atoms with Crippen molar-refractivity contribution in [1.29, 1.82) is 5.41 Å². The summed E-state index contributed by atoms with van der Waals surface area (Å²) in [5.74, 6) is -8.61. The maximum absolute atomic E-state index is 13.8. The number of benzene rings is 1. The highest BCUT2D eigenvalue weighted by Gasteiger charge is 2.41. The molecule has 66 heavy (non-hydrogen) atoms. The van der Waals surface area contributed by atoms with Gasteiger partial charge in [-0.1, -0.05) is 39.8 Å². The number of phenols is 1. The summed E-state index contributed by atoms with van der Waals surface area (Å²) in [6.45, 7) is 9.39. The Bertz CT molecular complexity index is 1900. The van der Waals surface area contributed by atoms with Crippen LogP contribution in [-0.4, -0.2) is 147 Å². The lowest BCUT2D eigenvalue weighted by Gasteiger charge is -2.30. The van der Waals surface area contributed by atoms with Crippen molar-refractivity contribution in [1.82, 2.24) is 42.1 Å². The van der Waals surface area contributed by atoms with E-state index in [-0.39, 0.29) is 62.8 Å². The Hall–Kier alpha value is -6.56. The van der Waals surface area contributed by atoms with Gasteiger partial charge in [-0.05, 0) is 69.1 Å². The minimum absolute atomic E-state index is 0.0492. The lowest BCUT2D eigenvalue weighted by Crippen LogP contribution is -2.61. The second-order valence-electron chi connectivity index (χ2n) is 17.2. The third kappa shape index (κ3) is 18.5. The summed E-state index contributed by atoms with van der Waals surface area (Å²) >= 11 is 0. The smallest absolute Gasteiger partial charge is 0.303 e. The number of aliphatic hydroxyl groups is 1. The first kappa shape index (κ1) is 55.6. The molecule has 24 heteroatoms. The molecule has 1 aromatic rings. The first-order valence-electron chi connectivity index (χ1n) is 21.7. The zero-order valence-electron chi connectivity index (χ0n) is 38.2. The number of amides is 8. The van der Waals surface area contributed by atoms with E-state index in [1.165, 1.54) is 38.1 Å². The van der Waals surface area contributed by atoms with Crippen LogP contribution in [0.4, 0.5) is 0 Å². The number of carbonyl (C=O) groups excluding carboxylic acids is 8. The Balaban J connectivity index is 2.25. The number of nitrogens with zero attached hydrogens (tertiary/aromatic N) is 1. The van der Waals surface area contributed by atoms with E-state index >= 15 is 0 Å². The molecule has 368 valence electrons. The Kier molecular flexibility index (Phi) is 22.2. The molecule has 1 fully saturated rings. The molecule has 0 unspecified atom stereocenters. The van der Waals surface area contributed by atoms with E-state index in [1.807, 2.05) is 0 Å². The van der Waals surface area contributed by atoms with Crippen LogP contribution in [0.25, 0.3) is 0 Å². The number of nitrogens with one attached hydrogen (secondary N) is 8. The minimum Gasteiger partial charge on any atom is -0.508 e. The predicted molar refractivity (Wildman–Crippen MR) is 238 cm³/mol. The highest BCUT2D eigenvalue weighted by Crippen LogP contribution is 2.20. The number of hydrogen-bond donors (Lipinski definition) is 14. The van der Waals surface area contributed by atoms with E-state index < -0.39 is 120 Å². The molecular formula is C42H68N12O12. The standard InChI is InChI=1S/C42H68N12O12/c1-20(2)16-28(37(62)48-22(5)35(44)60)51-39(64)30(13-14-32(58)59)54-19-25(18-31(54)57)49-40(65)33(21(3)4)52-41(66)34(23(6)55)53-38(63)29(17-24-9-11-26(56)12-10-24)50-36(61)27(43)8-7-15-47-42(45)46/h9-12,20-23,25,27-30,33-34,55-56H,7-8,13-19,43H2,1-6H3,(H2,44,60)(H,48,62)(H,49,65)(H,50,61)(H,51,64)(H,52,66)(H,53,63)(H,58,59)(H4,45,46,47)/t22-,23-,25+,27-,28-,29-,30-,33-,34-/m1/s1. The minimum atomic E-state index is -1.66. The second-order valence-corrected chi connectivity index (χ2v) is 17.2. The number of phenolic OH excluding ortho intramolecular Hbond substituents is 1. The van der Waals surface area contributed by atoms with Crippen LogP contribution in [-0.2, 0) is 49.6 Å². The number of rotatable bonds is 27. The number of primary amides is 1. The van der Waals surface area contributed by atoms with Crippen LogP contribution in [0.5, 0.6) is 5.75 Å². The van der Waals surface area contributed by atoms with Crippen molar-refractivity contribution in [3.63, 3.8) is 0 Å². The van der Waals surface area contributed by atoms with E-state index in [1.54, 1.807) is 27.7 Å². The summed E-state index contributed by atoms with van der Waals surface area (Å²) < 4.78 is 0. The molecule has 24 nitrogen and oxygen atoms in total. The van der Waals surface area contributed by atoms with Crippen LogP contribution in [0, 0.1) is 17.2 Å². The van der Waals surface area contributed by atoms with Crippen LogP contribution in [0.3, 0.4) is 0 Å². The van der Waals surface area contributed by atoms with Crippen molar-refractivity contribution in [3.05, 3.63) is 29.8 Å². The van der Waals surface area contributed by atoms with Gasteiger partial charge in [-0.2, -0.15) is 0 Å². The number of aromatic hydroxyl groups is 1. The van der Waals surface area contributed by atoms with E-state index in [2.05, 4.69) is 37.2 Å². The maximum atomic E-state index is 13.8. The summed E-state index contributed by atoms with van der Waals surface area (Å²) in [5, 5.41) is 55.1. The molecule has 1 aliphatic rings. The van der Waals surface area contributed by atoms with Gasteiger partial charge in [0.05, 0.1) is 18.2 Å².